The first kappa shape index (κ1) is 31.5. The van der Waals surface area contributed by atoms with Crippen LogP contribution in [0.2, 0.25) is 0 Å². The van der Waals surface area contributed by atoms with Crippen LogP contribution >= 0.6 is 0 Å². The second-order valence-corrected chi connectivity index (χ2v) is 11.6. The molecule has 2 atom stereocenters. The number of nitrogens with one attached hydrogen (secondary N) is 1. The van der Waals surface area contributed by atoms with E-state index in [2.05, 4.69) is 11.2 Å². The maximum absolute atomic E-state index is 14.3. The molecule has 47 heavy (non-hydrogen) atoms. The third kappa shape index (κ3) is 6.57. The number of methoxy groups -OCH3 is 2. The maximum Gasteiger partial charge on any atom is 0.333 e. The molecule has 2 saturated heterocycles. The molecule has 0 aliphatic carbocycles. The van der Waals surface area contributed by atoms with Gasteiger partial charge in [-0.15, -0.1) is 6.42 Å². The molecule has 4 aromatic rings. The number of hydrazine groups is 1. The Kier molecular flexibility index (Phi) is 9.27. The van der Waals surface area contributed by atoms with Crippen LogP contribution in [0, 0.1) is 12.3 Å². The van der Waals surface area contributed by atoms with Crippen molar-refractivity contribution in [2.45, 2.75) is 31.7 Å². The summed E-state index contributed by atoms with van der Waals surface area (Å²) in [6.07, 6.45) is 5.46. The fraction of sp³-hybridized carbons (Fsp3) is 0.270. The minimum absolute atomic E-state index is 0.0491. The summed E-state index contributed by atoms with van der Waals surface area (Å²) in [5.74, 6) is 3.61. The van der Waals surface area contributed by atoms with E-state index in [0.29, 0.717) is 24.5 Å². The van der Waals surface area contributed by atoms with Crippen molar-refractivity contribution >= 4 is 28.6 Å². The fourth-order valence-electron chi connectivity index (χ4n) is 6.39. The molecule has 2 heterocycles. The lowest BCUT2D eigenvalue weighted by atomic mass is 9.99. The first-order chi connectivity index (χ1) is 22.9. The fourth-order valence-corrected chi connectivity index (χ4v) is 6.39. The third-order valence-electron chi connectivity index (χ3n) is 8.78. The molecule has 240 valence electrons. The number of nitrogens with zero attached hydrogens (tertiary/aromatic N) is 4. The zero-order valence-corrected chi connectivity index (χ0v) is 26.5. The quantitative estimate of drug-likeness (QED) is 0.266. The number of fused-ring (bicyclic) bond motifs is 2. The summed E-state index contributed by atoms with van der Waals surface area (Å²) in [5.41, 5.74) is 2.77. The largest absolute Gasteiger partial charge is 0.497 e. The van der Waals surface area contributed by atoms with E-state index in [1.54, 1.807) is 29.0 Å². The van der Waals surface area contributed by atoms with Crippen molar-refractivity contribution in [1.82, 2.24) is 25.1 Å². The van der Waals surface area contributed by atoms with Gasteiger partial charge in [-0.3, -0.25) is 9.59 Å². The molecule has 4 aromatic carbocycles. The van der Waals surface area contributed by atoms with Crippen molar-refractivity contribution in [1.29, 1.82) is 0 Å². The summed E-state index contributed by atoms with van der Waals surface area (Å²) in [4.78, 5) is 45.1. The second kappa shape index (κ2) is 13.8. The molecule has 4 amide bonds. The van der Waals surface area contributed by atoms with Crippen LogP contribution in [0.25, 0.3) is 10.8 Å². The molecule has 1 N–H and O–H groups in total. The number of urea groups is 1. The number of hydrogen-bond acceptors (Lipinski definition) is 6. The Morgan fingerprint density at radius 2 is 1.57 bits per heavy atom. The zero-order chi connectivity index (χ0) is 32.9. The number of ether oxygens (including phenoxy) is 2. The number of terminal acetylenes is 1. The van der Waals surface area contributed by atoms with Gasteiger partial charge in [0.15, 0.2) is 0 Å². The average molecular weight is 632 g/mol. The Morgan fingerprint density at radius 1 is 0.915 bits per heavy atom. The van der Waals surface area contributed by atoms with E-state index in [9.17, 15) is 14.4 Å². The van der Waals surface area contributed by atoms with Crippen molar-refractivity contribution in [3.05, 3.63) is 108 Å². The lowest BCUT2D eigenvalue weighted by Gasteiger charge is -2.46. The zero-order valence-electron chi connectivity index (χ0n) is 26.5. The molecule has 2 fully saturated rings. The Labute approximate surface area is 274 Å². The van der Waals surface area contributed by atoms with E-state index in [-0.39, 0.29) is 38.0 Å². The van der Waals surface area contributed by atoms with Gasteiger partial charge in [0.1, 0.15) is 23.7 Å². The summed E-state index contributed by atoms with van der Waals surface area (Å²) in [5, 5.41) is 8.19. The van der Waals surface area contributed by atoms with E-state index in [1.807, 2.05) is 91.0 Å². The number of carbonyl (C=O) groups excluding carboxylic acids is 3. The minimum atomic E-state index is -0.773. The molecule has 0 radical (unpaired) electrons. The number of piperazine rings is 1. The second-order valence-electron chi connectivity index (χ2n) is 11.6. The highest BCUT2D eigenvalue weighted by Crippen LogP contribution is 2.31. The van der Waals surface area contributed by atoms with Crippen LogP contribution in [0.3, 0.4) is 0 Å². The summed E-state index contributed by atoms with van der Waals surface area (Å²) < 4.78 is 10.5. The summed E-state index contributed by atoms with van der Waals surface area (Å²) >= 11 is 0. The molecular formula is C37H37N5O5. The monoisotopic (exact) mass is 631 g/mol. The van der Waals surface area contributed by atoms with Crippen molar-refractivity contribution < 1.29 is 23.9 Å². The van der Waals surface area contributed by atoms with Crippen molar-refractivity contribution in [3.63, 3.8) is 0 Å². The van der Waals surface area contributed by atoms with Crippen LogP contribution in [0.5, 0.6) is 11.5 Å². The highest BCUT2D eigenvalue weighted by molar-refractivity contribution is 5.92. The van der Waals surface area contributed by atoms with Gasteiger partial charge in [0.2, 0.25) is 11.8 Å². The molecular weight excluding hydrogens is 594 g/mol. The van der Waals surface area contributed by atoms with Crippen molar-refractivity contribution in [2.75, 3.05) is 33.9 Å². The van der Waals surface area contributed by atoms with E-state index in [0.717, 1.165) is 27.5 Å². The smallest absolute Gasteiger partial charge is 0.333 e. The van der Waals surface area contributed by atoms with Crippen LogP contribution < -0.4 is 14.8 Å². The third-order valence-corrected chi connectivity index (χ3v) is 8.78. The predicted molar refractivity (Wildman–Crippen MR) is 178 cm³/mol. The highest BCUT2D eigenvalue weighted by Gasteiger charge is 2.52. The lowest BCUT2D eigenvalue weighted by Crippen LogP contribution is -2.66. The molecule has 0 saturated carbocycles. The van der Waals surface area contributed by atoms with Gasteiger partial charge in [0, 0.05) is 19.5 Å². The Balaban J connectivity index is 1.30. The van der Waals surface area contributed by atoms with Gasteiger partial charge in [-0.05, 0) is 51.7 Å². The molecule has 10 heteroatoms. The average Bonchev–Trinajstić information content (AvgIpc) is 3.43. The molecule has 2 aliphatic heterocycles. The Bertz CT molecular complexity index is 1800. The predicted octanol–water partition coefficient (Wildman–Crippen LogP) is 4.04. The van der Waals surface area contributed by atoms with Crippen molar-refractivity contribution in [3.8, 4) is 23.8 Å². The van der Waals surface area contributed by atoms with E-state index in [1.165, 1.54) is 5.01 Å². The van der Waals surface area contributed by atoms with E-state index >= 15 is 0 Å². The lowest BCUT2D eigenvalue weighted by molar-refractivity contribution is -0.157. The maximum atomic E-state index is 14.3. The first-order valence-electron chi connectivity index (χ1n) is 15.5. The normalized spacial score (nSPS) is 17.7. The van der Waals surface area contributed by atoms with Crippen LogP contribution in [0.15, 0.2) is 91.0 Å². The first-order valence-corrected chi connectivity index (χ1v) is 15.5. The van der Waals surface area contributed by atoms with Gasteiger partial charge >= 0.3 is 6.03 Å². The standard InChI is InChI=1S/C37H37N5O5/c1-4-20-40(37(45)38-22-27-14-18-31(47-3)19-15-27)41-25-35(43)42-33(21-26-12-16-30(46-2)17-13-26)36(44)39(24-34(41)42)23-29-10-7-9-28-8-5-6-11-32(28)29/h1,5-19,33-34H,20-25H2,2-3H3,(H,38,45)/t33-,34+/m0/s1. The van der Waals surface area contributed by atoms with Crippen LogP contribution in [-0.2, 0) is 29.1 Å². The molecule has 0 aromatic heterocycles. The van der Waals surface area contributed by atoms with Gasteiger partial charge in [-0.2, -0.15) is 5.01 Å². The Hall–Kier alpha value is -5.53. The van der Waals surface area contributed by atoms with Gasteiger partial charge in [-0.1, -0.05) is 72.7 Å². The number of benzene rings is 4. The number of carbonyl (C=O) groups is 3. The molecule has 2 aliphatic rings. The molecule has 10 nitrogen and oxygen atoms in total. The van der Waals surface area contributed by atoms with Crippen LogP contribution in [-0.4, -0.2) is 83.7 Å². The Morgan fingerprint density at radius 3 is 2.26 bits per heavy atom. The molecule has 0 bridgehead atoms. The summed E-state index contributed by atoms with van der Waals surface area (Å²) in [6.45, 7) is 0.680. The minimum Gasteiger partial charge on any atom is -0.497 e. The van der Waals surface area contributed by atoms with Crippen molar-refractivity contribution in [2.24, 2.45) is 0 Å². The topological polar surface area (TPSA) is 94.7 Å². The number of amides is 4. The summed E-state index contributed by atoms with van der Waals surface area (Å²) in [6, 6.07) is 27.8. The van der Waals surface area contributed by atoms with Crippen LogP contribution in [0.4, 0.5) is 4.79 Å². The molecule has 6 rings (SSSR count). The van der Waals surface area contributed by atoms with Gasteiger partial charge in [0.05, 0.1) is 33.9 Å². The SMILES string of the molecule is C#CCN(C(=O)NCc1ccc(OC)cc1)N1CC(=O)N2[C@@H](Cc3ccc(OC)cc3)C(=O)N(Cc3cccc4ccccc34)C[C@@H]21. The van der Waals surface area contributed by atoms with Crippen LogP contribution in [0.1, 0.15) is 16.7 Å². The van der Waals surface area contributed by atoms with Gasteiger partial charge in [0.25, 0.3) is 0 Å². The van der Waals surface area contributed by atoms with E-state index < -0.39 is 18.2 Å². The molecule has 0 unspecified atom stereocenters. The number of rotatable bonds is 10. The van der Waals surface area contributed by atoms with Gasteiger partial charge < -0.3 is 24.6 Å². The summed E-state index contributed by atoms with van der Waals surface area (Å²) in [7, 11) is 3.20. The van der Waals surface area contributed by atoms with E-state index in [4.69, 9.17) is 15.9 Å². The van der Waals surface area contributed by atoms with Gasteiger partial charge in [-0.25, -0.2) is 9.80 Å². The molecule has 0 spiro atoms. The number of hydrogen-bond donors (Lipinski definition) is 1. The highest BCUT2D eigenvalue weighted by atomic mass is 16.5.